The van der Waals surface area contributed by atoms with Crippen molar-refractivity contribution in [3.8, 4) is 0 Å². The Kier molecular flexibility index (Phi) is 4.56. The second-order valence-corrected chi connectivity index (χ2v) is 8.72. The molecule has 3 fully saturated rings. The van der Waals surface area contributed by atoms with Gasteiger partial charge in [0.25, 0.3) is 0 Å². The van der Waals surface area contributed by atoms with Gasteiger partial charge in [-0.15, -0.1) is 0 Å². The molecule has 2 N–H and O–H groups in total. The topological polar surface area (TPSA) is 93.1 Å². The summed E-state index contributed by atoms with van der Waals surface area (Å²) in [7, 11) is 0. The highest BCUT2D eigenvalue weighted by molar-refractivity contribution is 5.91. The van der Waals surface area contributed by atoms with E-state index in [9.17, 15) is 19.8 Å². The predicted molar refractivity (Wildman–Crippen MR) is 93.9 cm³/mol. The highest BCUT2D eigenvalue weighted by atomic mass is 16.6. The molecule has 0 unspecified atom stereocenters. The molecular weight excluding hydrogens is 336 g/mol. The summed E-state index contributed by atoms with van der Waals surface area (Å²) >= 11 is 0. The average Bonchev–Trinajstić information content (AvgIpc) is 2.76. The van der Waals surface area contributed by atoms with Crippen LogP contribution in [-0.4, -0.2) is 46.1 Å². The van der Waals surface area contributed by atoms with Crippen molar-refractivity contribution in [2.24, 2.45) is 17.3 Å². The van der Waals surface area contributed by atoms with E-state index < -0.39 is 53.1 Å². The minimum absolute atomic E-state index is 0.267. The lowest BCUT2D eigenvalue weighted by Gasteiger charge is -2.59. The molecular formula is C20H28O6. The largest absolute Gasteiger partial charge is 0.458 e. The molecule has 3 rings (SSSR count). The Labute approximate surface area is 153 Å². The van der Waals surface area contributed by atoms with E-state index in [0.29, 0.717) is 19.3 Å². The molecule has 0 aromatic heterocycles. The number of rotatable bonds is 2. The van der Waals surface area contributed by atoms with E-state index in [0.717, 1.165) is 5.57 Å². The zero-order valence-corrected chi connectivity index (χ0v) is 15.8. The van der Waals surface area contributed by atoms with E-state index in [2.05, 4.69) is 6.58 Å². The van der Waals surface area contributed by atoms with Gasteiger partial charge in [0.15, 0.2) is 0 Å². The third kappa shape index (κ3) is 2.89. The average molecular weight is 364 g/mol. The first-order valence-electron chi connectivity index (χ1n) is 9.13. The van der Waals surface area contributed by atoms with Gasteiger partial charge in [-0.05, 0) is 40.0 Å². The second kappa shape index (κ2) is 6.20. The van der Waals surface area contributed by atoms with Gasteiger partial charge in [0.1, 0.15) is 12.2 Å². The van der Waals surface area contributed by atoms with Crippen molar-refractivity contribution in [3.05, 3.63) is 23.8 Å². The number of fused-ring (bicyclic) bond motifs is 2. The summed E-state index contributed by atoms with van der Waals surface area (Å²) in [4.78, 5) is 24.5. The standard InChI is InChI=1S/C20H28O6/c1-10(2)8-14(22)26-16-15-11(3)18(23)25-12(15)9-19(4)13(21)6-7-20(5,24)17(16)19/h8,12-13,15-17,21,24H,3,6-7,9H2,1-2,4-5H3/t12-,13+,15+,16-,17+,19-,20-/m0/s1. The van der Waals surface area contributed by atoms with Crippen molar-refractivity contribution in [1.82, 2.24) is 0 Å². The van der Waals surface area contributed by atoms with E-state index >= 15 is 0 Å². The first-order chi connectivity index (χ1) is 12.0. The van der Waals surface area contributed by atoms with Crippen LogP contribution in [-0.2, 0) is 19.1 Å². The number of aliphatic hydroxyl groups is 2. The summed E-state index contributed by atoms with van der Waals surface area (Å²) in [6.45, 7) is 11.0. The minimum Gasteiger partial charge on any atom is -0.458 e. The zero-order chi connectivity index (χ0) is 19.4. The van der Waals surface area contributed by atoms with E-state index in [-0.39, 0.29) is 5.57 Å². The lowest BCUT2D eigenvalue weighted by Crippen LogP contribution is -2.65. The molecule has 26 heavy (non-hydrogen) atoms. The molecule has 1 aliphatic heterocycles. The molecule has 0 radical (unpaired) electrons. The molecule has 0 amide bonds. The van der Waals surface area contributed by atoms with Gasteiger partial charge in [0.05, 0.1) is 17.6 Å². The maximum Gasteiger partial charge on any atom is 0.334 e. The van der Waals surface area contributed by atoms with Gasteiger partial charge in [-0.2, -0.15) is 0 Å². The van der Waals surface area contributed by atoms with E-state index in [4.69, 9.17) is 9.47 Å². The molecule has 7 atom stereocenters. The van der Waals surface area contributed by atoms with Gasteiger partial charge in [0, 0.05) is 23.0 Å². The number of aliphatic hydroxyl groups excluding tert-OH is 1. The van der Waals surface area contributed by atoms with E-state index in [1.807, 2.05) is 6.92 Å². The Hall–Kier alpha value is -1.66. The Bertz CT molecular complexity index is 674. The molecule has 6 heteroatoms. The Balaban J connectivity index is 2.06. The zero-order valence-electron chi connectivity index (χ0n) is 15.8. The van der Waals surface area contributed by atoms with Crippen LogP contribution in [0.4, 0.5) is 0 Å². The number of esters is 2. The summed E-state index contributed by atoms with van der Waals surface area (Å²) in [5.74, 6) is -2.06. The van der Waals surface area contributed by atoms with Gasteiger partial charge in [-0.3, -0.25) is 0 Å². The van der Waals surface area contributed by atoms with E-state index in [1.165, 1.54) is 6.08 Å². The summed E-state index contributed by atoms with van der Waals surface area (Å²) in [5.41, 5.74) is -0.814. The molecule has 2 aliphatic carbocycles. The van der Waals surface area contributed by atoms with Crippen LogP contribution in [0.25, 0.3) is 0 Å². The fraction of sp³-hybridized carbons (Fsp3) is 0.700. The third-order valence-corrected chi connectivity index (χ3v) is 6.37. The van der Waals surface area contributed by atoms with Crippen molar-refractivity contribution in [1.29, 1.82) is 0 Å². The molecule has 3 aliphatic rings. The first kappa shape index (κ1) is 19.1. The van der Waals surface area contributed by atoms with Crippen molar-refractivity contribution in [2.45, 2.75) is 70.9 Å². The number of carbonyl (C=O) groups excluding carboxylic acids is 2. The van der Waals surface area contributed by atoms with Crippen LogP contribution < -0.4 is 0 Å². The van der Waals surface area contributed by atoms with Gasteiger partial charge in [-0.25, -0.2) is 9.59 Å². The number of hydrogen-bond acceptors (Lipinski definition) is 6. The normalized spacial score (nSPS) is 44.6. The van der Waals surface area contributed by atoms with Crippen LogP contribution in [0.3, 0.4) is 0 Å². The first-order valence-corrected chi connectivity index (χ1v) is 9.13. The number of ether oxygens (including phenoxy) is 2. The molecule has 6 nitrogen and oxygen atoms in total. The van der Waals surface area contributed by atoms with Crippen LogP contribution in [0.5, 0.6) is 0 Å². The van der Waals surface area contributed by atoms with Crippen LogP contribution in [0.2, 0.25) is 0 Å². The second-order valence-electron chi connectivity index (χ2n) is 8.72. The van der Waals surface area contributed by atoms with Crippen LogP contribution in [0, 0.1) is 17.3 Å². The van der Waals surface area contributed by atoms with Crippen LogP contribution in [0.15, 0.2) is 23.8 Å². The maximum absolute atomic E-state index is 12.4. The molecule has 1 heterocycles. The highest BCUT2D eigenvalue weighted by Crippen LogP contribution is 2.59. The van der Waals surface area contributed by atoms with E-state index in [1.54, 1.807) is 20.8 Å². The van der Waals surface area contributed by atoms with Crippen molar-refractivity contribution >= 4 is 11.9 Å². The molecule has 0 aromatic carbocycles. The Morgan fingerprint density at radius 3 is 2.65 bits per heavy atom. The molecule has 0 bridgehead atoms. The van der Waals surface area contributed by atoms with Gasteiger partial charge >= 0.3 is 11.9 Å². The quantitative estimate of drug-likeness (QED) is 0.574. The summed E-state index contributed by atoms with van der Waals surface area (Å²) < 4.78 is 11.2. The Morgan fingerprint density at radius 1 is 1.38 bits per heavy atom. The van der Waals surface area contributed by atoms with Crippen molar-refractivity contribution in [3.63, 3.8) is 0 Å². The fourth-order valence-corrected chi connectivity index (χ4v) is 5.24. The molecule has 1 saturated heterocycles. The summed E-state index contributed by atoms with van der Waals surface area (Å²) in [6.07, 6.45) is 0.655. The van der Waals surface area contributed by atoms with Crippen LogP contribution >= 0.6 is 0 Å². The van der Waals surface area contributed by atoms with Gasteiger partial charge < -0.3 is 19.7 Å². The third-order valence-electron chi connectivity index (χ3n) is 6.37. The van der Waals surface area contributed by atoms with Gasteiger partial charge in [-0.1, -0.05) is 19.1 Å². The number of hydrogen-bond donors (Lipinski definition) is 2. The van der Waals surface area contributed by atoms with Crippen molar-refractivity contribution < 1.29 is 29.3 Å². The summed E-state index contributed by atoms with van der Waals surface area (Å²) in [5, 5.41) is 21.8. The van der Waals surface area contributed by atoms with Gasteiger partial charge in [0.2, 0.25) is 0 Å². The molecule has 0 spiro atoms. The Morgan fingerprint density at radius 2 is 2.04 bits per heavy atom. The molecule has 144 valence electrons. The van der Waals surface area contributed by atoms with Crippen LogP contribution in [0.1, 0.15) is 47.0 Å². The SMILES string of the molecule is C=C1C(=O)O[C@H]2C[C@@]3(C)[C@H](O)CC[C@](C)(O)[C@@H]3[C@@H](OC(=O)C=C(C)C)[C@H]12. The maximum atomic E-state index is 12.4. The smallest absolute Gasteiger partial charge is 0.334 e. The fourth-order valence-electron chi connectivity index (χ4n) is 5.24. The minimum atomic E-state index is -1.14. The molecule has 0 aromatic rings. The lowest BCUT2D eigenvalue weighted by atomic mass is 9.50. The molecule has 2 saturated carbocycles. The van der Waals surface area contributed by atoms with Crippen molar-refractivity contribution in [2.75, 3.05) is 0 Å². The lowest BCUT2D eigenvalue weighted by molar-refractivity contribution is -0.234. The highest BCUT2D eigenvalue weighted by Gasteiger charge is 2.66. The summed E-state index contributed by atoms with van der Waals surface area (Å²) in [6, 6.07) is 0. The number of allylic oxidation sites excluding steroid dienone is 1. The number of carbonyl (C=O) groups is 2. The monoisotopic (exact) mass is 364 g/mol. The predicted octanol–water partition coefficient (Wildman–Crippen LogP) is 1.89.